The average Bonchev–Trinajstić information content (AvgIpc) is 3.18. The van der Waals surface area contributed by atoms with Crippen molar-refractivity contribution < 1.29 is 18.0 Å². The van der Waals surface area contributed by atoms with Crippen molar-refractivity contribution in [3.8, 4) is 0 Å². The van der Waals surface area contributed by atoms with Crippen LogP contribution in [0.4, 0.5) is 13.2 Å². The Labute approximate surface area is 123 Å². The predicted octanol–water partition coefficient (Wildman–Crippen LogP) is 3.65. The first-order valence-corrected chi connectivity index (χ1v) is 7.06. The minimum Gasteiger partial charge on any atom is -0.325 e. The molecule has 1 fully saturated rings. The van der Waals surface area contributed by atoms with Crippen molar-refractivity contribution in [1.82, 2.24) is 9.88 Å². The van der Waals surface area contributed by atoms with Gasteiger partial charge in [-0.05, 0) is 53.7 Å². The number of carbonyl (C=O) groups is 1. The molecule has 20 heavy (non-hydrogen) atoms. The van der Waals surface area contributed by atoms with Gasteiger partial charge in [-0.15, -0.1) is 0 Å². The Bertz CT molecular complexity index is 485. The quantitative estimate of drug-likeness (QED) is 0.830. The molecule has 1 aromatic rings. The van der Waals surface area contributed by atoms with Crippen molar-refractivity contribution in [2.45, 2.75) is 32.0 Å². The standard InChI is InChI=1S/C13H14BrF3N2O/c1-8(9-2-3-9)19(7-13(15,16)17)12(20)11-5-4-10(14)6-18-11/h4-6,8-9H,2-3,7H2,1H3. The van der Waals surface area contributed by atoms with Crippen LogP contribution in [0.25, 0.3) is 0 Å². The first-order chi connectivity index (χ1) is 9.28. The van der Waals surface area contributed by atoms with Crippen LogP contribution in [0.5, 0.6) is 0 Å². The van der Waals surface area contributed by atoms with Gasteiger partial charge < -0.3 is 4.90 Å². The SMILES string of the molecule is CC(C1CC1)N(CC(F)(F)F)C(=O)c1ccc(Br)cn1. The molecule has 0 spiro atoms. The van der Waals surface area contributed by atoms with Crippen LogP contribution in [0.1, 0.15) is 30.3 Å². The average molecular weight is 351 g/mol. The Morgan fingerprint density at radius 2 is 2.15 bits per heavy atom. The highest BCUT2D eigenvalue weighted by molar-refractivity contribution is 9.10. The Balaban J connectivity index is 2.20. The topological polar surface area (TPSA) is 33.2 Å². The van der Waals surface area contributed by atoms with E-state index in [-0.39, 0.29) is 11.6 Å². The van der Waals surface area contributed by atoms with Gasteiger partial charge in [0.2, 0.25) is 0 Å². The second kappa shape index (κ2) is 5.71. The number of aromatic nitrogens is 1. The van der Waals surface area contributed by atoms with Gasteiger partial charge in [-0.25, -0.2) is 4.98 Å². The van der Waals surface area contributed by atoms with Gasteiger partial charge in [0, 0.05) is 16.7 Å². The molecule has 3 nitrogen and oxygen atoms in total. The van der Waals surface area contributed by atoms with Crippen molar-refractivity contribution in [2.75, 3.05) is 6.54 Å². The van der Waals surface area contributed by atoms with Crippen LogP contribution in [0.3, 0.4) is 0 Å². The number of hydrogen-bond acceptors (Lipinski definition) is 2. The van der Waals surface area contributed by atoms with Crippen molar-refractivity contribution in [2.24, 2.45) is 5.92 Å². The fourth-order valence-corrected chi connectivity index (χ4v) is 2.31. The van der Waals surface area contributed by atoms with Crippen LogP contribution in [0.15, 0.2) is 22.8 Å². The Morgan fingerprint density at radius 1 is 1.50 bits per heavy atom. The monoisotopic (exact) mass is 350 g/mol. The lowest BCUT2D eigenvalue weighted by molar-refractivity contribution is -0.144. The number of rotatable bonds is 4. The molecule has 110 valence electrons. The number of pyridine rings is 1. The van der Waals surface area contributed by atoms with Crippen LogP contribution in [-0.2, 0) is 0 Å². The smallest absolute Gasteiger partial charge is 0.325 e. The summed E-state index contributed by atoms with van der Waals surface area (Å²) in [6.07, 6.45) is -1.26. The van der Waals surface area contributed by atoms with Crippen LogP contribution in [0, 0.1) is 5.92 Å². The highest BCUT2D eigenvalue weighted by atomic mass is 79.9. The van der Waals surface area contributed by atoms with E-state index in [9.17, 15) is 18.0 Å². The van der Waals surface area contributed by atoms with E-state index in [0.29, 0.717) is 4.47 Å². The molecule has 0 bridgehead atoms. The van der Waals surface area contributed by atoms with Gasteiger partial charge in [0.15, 0.2) is 0 Å². The number of hydrogen-bond donors (Lipinski definition) is 0. The predicted molar refractivity (Wildman–Crippen MR) is 71.2 cm³/mol. The second-order valence-corrected chi connectivity index (χ2v) is 5.90. The summed E-state index contributed by atoms with van der Waals surface area (Å²) in [5, 5.41) is 0. The van der Waals surface area contributed by atoms with Gasteiger partial charge in [-0.2, -0.15) is 13.2 Å². The fourth-order valence-electron chi connectivity index (χ4n) is 2.08. The summed E-state index contributed by atoms with van der Waals surface area (Å²) >= 11 is 3.18. The molecule has 1 aliphatic rings. The summed E-state index contributed by atoms with van der Waals surface area (Å²) in [5.74, 6) is -0.508. The van der Waals surface area contributed by atoms with E-state index in [1.165, 1.54) is 12.3 Å². The zero-order valence-corrected chi connectivity index (χ0v) is 12.4. The molecular weight excluding hydrogens is 337 g/mol. The second-order valence-electron chi connectivity index (χ2n) is 4.99. The minimum atomic E-state index is -4.41. The van der Waals surface area contributed by atoms with Crippen molar-refractivity contribution in [3.63, 3.8) is 0 Å². The maximum atomic E-state index is 12.7. The Morgan fingerprint density at radius 3 is 2.60 bits per heavy atom. The minimum absolute atomic E-state index is 0.0324. The first kappa shape index (κ1) is 15.3. The van der Waals surface area contributed by atoms with Crippen molar-refractivity contribution in [1.29, 1.82) is 0 Å². The van der Waals surface area contributed by atoms with Gasteiger partial charge in [0.25, 0.3) is 5.91 Å². The van der Waals surface area contributed by atoms with E-state index in [4.69, 9.17) is 0 Å². The maximum Gasteiger partial charge on any atom is 0.406 e. The summed E-state index contributed by atoms with van der Waals surface area (Å²) in [6.45, 7) is 0.432. The van der Waals surface area contributed by atoms with E-state index in [1.54, 1.807) is 13.0 Å². The zero-order chi connectivity index (χ0) is 14.9. The van der Waals surface area contributed by atoms with Crippen LogP contribution < -0.4 is 0 Å². The van der Waals surface area contributed by atoms with Crippen LogP contribution >= 0.6 is 15.9 Å². The molecule has 1 aliphatic carbocycles. The summed E-state index contributed by atoms with van der Waals surface area (Å²) in [4.78, 5) is 17.0. The number of carbonyl (C=O) groups excluding carboxylic acids is 1. The van der Waals surface area contributed by atoms with Crippen molar-refractivity contribution >= 4 is 21.8 Å². The molecule has 0 aromatic carbocycles. The molecule has 2 rings (SSSR count). The summed E-state index contributed by atoms with van der Waals surface area (Å²) in [7, 11) is 0. The fraction of sp³-hybridized carbons (Fsp3) is 0.538. The van der Waals surface area contributed by atoms with Crippen LogP contribution in [0.2, 0.25) is 0 Å². The van der Waals surface area contributed by atoms with Crippen molar-refractivity contribution in [3.05, 3.63) is 28.5 Å². The maximum absolute atomic E-state index is 12.7. The zero-order valence-electron chi connectivity index (χ0n) is 10.8. The molecule has 1 amide bonds. The molecule has 7 heteroatoms. The third-order valence-corrected chi connectivity index (χ3v) is 3.82. The molecular formula is C13H14BrF3N2O. The summed E-state index contributed by atoms with van der Waals surface area (Å²) < 4.78 is 38.7. The van der Waals surface area contributed by atoms with Crippen LogP contribution in [-0.4, -0.2) is 34.6 Å². The molecule has 1 aromatic heterocycles. The Hall–Kier alpha value is -1.11. The highest BCUT2D eigenvalue weighted by Crippen LogP contribution is 2.36. The third-order valence-electron chi connectivity index (χ3n) is 3.35. The van der Waals surface area contributed by atoms with Gasteiger partial charge in [0.05, 0.1) is 0 Å². The molecule has 0 saturated heterocycles. The number of halogens is 4. The van der Waals surface area contributed by atoms with E-state index in [0.717, 1.165) is 17.7 Å². The van der Waals surface area contributed by atoms with E-state index in [2.05, 4.69) is 20.9 Å². The molecule has 1 heterocycles. The number of alkyl halides is 3. The number of nitrogens with zero attached hydrogens (tertiary/aromatic N) is 2. The van der Waals surface area contributed by atoms with Gasteiger partial charge in [-0.3, -0.25) is 4.79 Å². The lowest BCUT2D eigenvalue weighted by Crippen LogP contribution is -2.45. The molecule has 0 radical (unpaired) electrons. The third kappa shape index (κ3) is 3.94. The first-order valence-electron chi connectivity index (χ1n) is 6.27. The summed E-state index contributed by atoms with van der Waals surface area (Å²) in [5.41, 5.74) is 0.0324. The Kier molecular flexibility index (Phi) is 4.36. The van der Waals surface area contributed by atoms with Gasteiger partial charge in [-0.1, -0.05) is 0 Å². The highest BCUT2D eigenvalue weighted by Gasteiger charge is 2.40. The van der Waals surface area contributed by atoms with Gasteiger partial charge >= 0.3 is 6.18 Å². The molecule has 0 N–H and O–H groups in total. The largest absolute Gasteiger partial charge is 0.406 e. The summed E-state index contributed by atoms with van der Waals surface area (Å²) in [6, 6.07) is 2.60. The molecule has 0 aliphatic heterocycles. The number of amides is 1. The van der Waals surface area contributed by atoms with Gasteiger partial charge in [0.1, 0.15) is 12.2 Å². The normalized spacial score (nSPS) is 16.9. The molecule has 1 unspecified atom stereocenters. The van der Waals surface area contributed by atoms with E-state index in [1.807, 2.05) is 0 Å². The lowest BCUT2D eigenvalue weighted by atomic mass is 10.1. The van der Waals surface area contributed by atoms with E-state index >= 15 is 0 Å². The van der Waals surface area contributed by atoms with E-state index < -0.39 is 24.7 Å². The lowest BCUT2D eigenvalue weighted by Gasteiger charge is -2.30. The molecule has 1 atom stereocenters. The molecule has 1 saturated carbocycles.